The summed E-state index contributed by atoms with van der Waals surface area (Å²) in [5.41, 5.74) is 8.31. The van der Waals surface area contributed by atoms with Crippen LogP contribution in [0.25, 0.3) is 11.0 Å². The van der Waals surface area contributed by atoms with Crippen LogP contribution >= 0.6 is 0 Å². The van der Waals surface area contributed by atoms with Gasteiger partial charge in [-0.2, -0.15) is 0 Å². The maximum absolute atomic E-state index is 6.24. The zero-order valence-electron chi connectivity index (χ0n) is 14.3. The second-order valence-electron chi connectivity index (χ2n) is 6.25. The number of imidazole rings is 1. The van der Waals surface area contributed by atoms with Crippen LogP contribution in [0.3, 0.4) is 0 Å². The number of hydrogen-bond donors (Lipinski definition) is 1. The topological polar surface area (TPSA) is 62.3 Å². The van der Waals surface area contributed by atoms with Gasteiger partial charge >= 0.3 is 0 Å². The van der Waals surface area contributed by atoms with E-state index in [4.69, 9.17) is 20.2 Å². The van der Waals surface area contributed by atoms with E-state index in [-0.39, 0.29) is 6.04 Å². The zero-order valence-corrected chi connectivity index (χ0v) is 14.3. The fourth-order valence-electron chi connectivity index (χ4n) is 3.20. The van der Waals surface area contributed by atoms with Crippen LogP contribution in [0.2, 0.25) is 0 Å². The molecule has 0 amide bonds. The van der Waals surface area contributed by atoms with Crippen LogP contribution in [0, 0.1) is 0 Å². The third-order valence-corrected chi connectivity index (χ3v) is 4.73. The highest BCUT2D eigenvalue weighted by Gasteiger charge is 2.22. The zero-order chi connectivity index (χ0) is 16.4. The van der Waals surface area contributed by atoms with Crippen LogP contribution in [0.5, 0.6) is 11.5 Å². The summed E-state index contributed by atoms with van der Waals surface area (Å²) in [6.07, 6.45) is 3.11. The molecule has 2 heterocycles. The first-order valence-corrected chi connectivity index (χ1v) is 8.73. The second kappa shape index (κ2) is 6.79. The van der Waals surface area contributed by atoms with Crippen molar-refractivity contribution in [2.45, 2.75) is 58.5 Å². The molecule has 2 N–H and O–H groups in total. The van der Waals surface area contributed by atoms with Gasteiger partial charge < -0.3 is 19.8 Å². The standard InChI is InChI=1S/C18H27N3O2/c1-4-12(5-2)18-20-14-9-16-17(23-8-7-22-16)10-15(14)21(18)11-13(19)6-3/h9-10,12-13H,4-8,11,19H2,1-3H3. The Bertz CT molecular complexity index is 676. The van der Waals surface area contributed by atoms with E-state index < -0.39 is 0 Å². The van der Waals surface area contributed by atoms with Crippen molar-refractivity contribution in [2.75, 3.05) is 13.2 Å². The molecule has 0 saturated heterocycles. The molecule has 5 nitrogen and oxygen atoms in total. The van der Waals surface area contributed by atoms with Gasteiger partial charge in [-0.05, 0) is 19.3 Å². The summed E-state index contributed by atoms with van der Waals surface area (Å²) in [6.45, 7) is 8.54. The lowest BCUT2D eigenvalue weighted by atomic mass is 10.0. The summed E-state index contributed by atoms with van der Waals surface area (Å²) < 4.78 is 13.7. The lowest BCUT2D eigenvalue weighted by molar-refractivity contribution is 0.172. The average Bonchev–Trinajstić information content (AvgIpc) is 2.91. The molecule has 0 radical (unpaired) electrons. The van der Waals surface area contributed by atoms with Crippen molar-refractivity contribution >= 4 is 11.0 Å². The molecule has 0 aliphatic carbocycles. The van der Waals surface area contributed by atoms with Gasteiger partial charge in [0.2, 0.25) is 0 Å². The highest BCUT2D eigenvalue weighted by Crippen LogP contribution is 2.36. The molecule has 0 fully saturated rings. The molecule has 1 unspecified atom stereocenters. The van der Waals surface area contributed by atoms with Crippen LogP contribution in [0.1, 0.15) is 51.8 Å². The van der Waals surface area contributed by atoms with Crippen molar-refractivity contribution in [2.24, 2.45) is 5.73 Å². The van der Waals surface area contributed by atoms with Gasteiger partial charge in [-0.1, -0.05) is 20.8 Å². The molecule has 3 rings (SSSR count). The Kier molecular flexibility index (Phi) is 4.76. The molecule has 0 bridgehead atoms. The number of nitrogens with two attached hydrogens (primary N) is 1. The molecule has 0 saturated carbocycles. The first-order valence-electron chi connectivity index (χ1n) is 8.73. The van der Waals surface area contributed by atoms with Crippen molar-refractivity contribution in [1.82, 2.24) is 9.55 Å². The van der Waals surface area contributed by atoms with E-state index in [0.717, 1.165) is 54.2 Å². The Morgan fingerprint density at radius 3 is 2.35 bits per heavy atom. The minimum absolute atomic E-state index is 0.133. The summed E-state index contributed by atoms with van der Waals surface area (Å²) in [4.78, 5) is 4.92. The minimum Gasteiger partial charge on any atom is -0.486 e. The summed E-state index contributed by atoms with van der Waals surface area (Å²) in [7, 11) is 0. The van der Waals surface area contributed by atoms with Gasteiger partial charge in [0.1, 0.15) is 19.0 Å². The van der Waals surface area contributed by atoms with Crippen molar-refractivity contribution in [3.63, 3.8) is 0 Å². The summed E-state index contributed by atoms with van der Waals surface area (Å²) in [5, 5.41) is 0. The summed E-state index contributed by atoms with van der Waals surface area (Å²) in [5.74, 6) is 3.19. The van der Waals surface area contributed by atoms with Crippen molar-refractivity contribution in [3.05, 3.63) is 18.0 Å². The van der Waals surface area contributed by atoms with Crippen LogP contribution in [-0.4, -0.2) is 28.8 Å². The first-order chi connectivity index (χ1) is 11.2. The quantitative estimate of drug-likeness (QED) is 0.886. The molecule has 5 heteroatoms. The summed E-state index contributed by atoms with van der Waals surface area (Å²) >= 11 is 0. The van der Waals surface area contributed by atoms with Crippen molar-refractivity contribution in [3.8, 4) is 11.5 Å². The molecule has 1 aliphatic rings. The van der Waals surface area contributed by atoms with Crippen LogP contribution in [0.15, 0.2) is 12.1 Å². The SMILES string of the molecule is CCC(N)Cn1c(C(CC)CC)nc2cc3c(cc21)OCCO3. The number of benzene rings is 1. The Morgan fingerprint density at radius 2 is 1.74 bits per heavy atom. The fourth-order valence-corrected chi connectivity index (χ4v) is 3.20. The molecule has 1 atom stereocenters. The normalized spacial score (nSPS) is 15.3. The largest absolute Gasteiger partial charge is 0.486 e. The Balaban J connectivity index is 2.14. The minimum atomic E-state index is 0.133. The molecule has 1 aromatic heterocycles. The third kappa shape index (κ3) is 3.02. The molecule has 126 valence electrons. The summed E-state index contributed by atoms with van der Waals surface area (Å²) in [6, 6.07) is 4.20. The van der Waals surface area contributed by atoms with E-state index in [1.165, 1.54) is 0 Å². The Labute approximate surface area is 137 Å². The lowest BCUT2D eigenvalue weighted by Crippen LogP contribution is -2.26. The monoisotopic (exact) mass is 317 g/mol. The first kappa shape index (κ1) is 16.1. The van der Waals surface area contributed by atoms with Gasteiger partial charge in [0.05, 0.1) is 11.0 Å². The van der Waals surface area contributed by atoms with E-state index in [9.17, 15) is 0 Å². The predicted molar refractivity (Wildman–Crippen MR) is 92.3 cm³/mol. The molecule has 2 aromatic rings. The average molecular weight is 317 g/mol. The second-order valence-corrected chi connectivity index (χ2v) is 6.25. The molecule has 1 aliphatic heterocycles. The van der Waals surface area contributed by atoms with Crippen LogP contribution in [-0.2, 0) is 6.54 Å². The number of nitrogens with zero attached hydrogens (tertiary/aromatic N) is 2. The maximum atomic E-state index is 6.24. The van der Waals surface area contributed by atoms with Gasteiger partial charge in [0.25, 0.3) is 0 Å². The van der Waals surface area contributed by atoms with Crippen molar-refractivity contribution < 1.29 is 9.47 Å². The smallest absolute Gasteiger partial charge is 0.163 e. The highest BCUT2D eigenvalue weighted by atomic mass is 16.6. The van der Waals surface area contributed by atoms with Crippen LogP contribution < -0.4 is 15.2 Å². The molecular weight excluding hydrogens is 290 g/mol. The van der Waals surface area contributed by atoms with E-state index in [1.807, 2.05) is 6.07 Å². The van der Waals surface area contributed by atoms with E-state index in [0.29, 0.717) is 19.1 Å². The molecular formula is C18H27N3O2. The van der Waals surface area contributed by atoms with Gasteiger partial charge in [0, 0.05) is 30.6 Å². The number of hydrogen-bond acceptors (Lipinski definition) is 4. The van der Waals surface area contributed by atoms with E-state index >= 15 is 0 Å². The molecule has 23 heavy (non-hydrogen) atoms. The Morgan fingerprint density at radius 1 is 1.09 bits per heavy atom. The van der Waals surface area contributed by atoms with Gasteiger partial charge in [-0.3, -0.25) is 0 Å². The third-order valence-electron chi connectivity index (χ3n) is 4.73. The molecule has 1 aromatic carbocycles. The lowest BCUT2D eigenvalue weighted by Gasteiger charge is -2.20. The van der Waals surface area contributed by atoms with Gasteiger partial charge in [-0.15, -0.1) is 0 Å². The van der Waals surface area contributed by atoms with Gasteiger partial charge in [0.15, 0.2) is 11.5 Å². The highest BCUT2D eigenvalue weighted by molar-refractivity contribution is 5.81. The van der Waals surface area contributed by atoms with E-state index in [2.05, 4.69) is 31.4 Å². The number of fused-ring (bicyclic) bond motifs is 2. The Hall–Kier alpha value is -1.75. The number of ether oxygens (including phenoxy) is 2. The van der Waals surface area contributed by atoms with Crippen molar-refractivity contribution in [1.29, 1.82) is 0 Å². The molecule has 0 spiro atoms. The number of rotatable bonds is 6. The van der Waals surface area contributed by atoms with Gasteiger partial charge in [-0.25, -0.2) is 4.98 Å². The van der Waals surface area contributed by atoms with Crippen LogP contribution in [0.4, 0.5) is 0 Å². The fraction of sp³-hybridized carbons (Fsp3) is 0.611. The number of aromatic nitrogens is 2. The predicted octanol–water partition coefficient (Wildman–Crippen LogP) is 3.45. The maximum Gasteiger partial charge on any atom is 0.163 e. The van der Waals surface area contributed by atoms with E-state index in [1.54, 1.807) is 0 Å².